The number of carbonyl (C=O) groups excluding carboxylic acids is 1. The summed E-state index contributed by atoms with van der Waals surface area (Å²) in [4.78, 5) is 23.9. The predicted molar refractivity (Wildman–Crippen MR) is 125 cm³/mol. The molecule has 1 fully saturated rings. The summed E-state index contributed by atoms with van der Waals surface area (Å²) in [6, 6.07) is 15.7. The first kappa shape index (κ1) is 20.4. The van der Waals surface area contributed by atoms with Gasteiger partial charge in [-0.3, -0.25) is 0 Å². The summed E-state index contributed by atoms with van der Waals surface area (Å²) in [5.74, 6) is 0.960. The fourth-order valence-corrected chi connectivity index (χ4v) is 4.10. The number of hydrogen-bond donors (Lipinski definition) is 2. The average molecular weight is 451 g/mol. The third-order valence-corrected chi connectivity index (χ3v) is 5.86. The standard InChI is InChI=1S/C23H23ClN6O2/c1-2-25-23(31)30-11-9-29(10-12-30)18-6-3-15(4-7-18)21-27-22(32-28-21)20-14-16-13-17(24)5-8-19(16)26-20/h3-8,13-14,26H,2,9-12H2,1H3,(H,25,31). The number of anilines is 1. The molecule has 164 valence electrons. The maximum absolute atomic E-state index is 12.0. The minimum absolute atomic E-state index is 0.00784. The van der Waals surface area contributed by atoms with E-state index in [1.807, 2.05) is 48.2 Å². The Kier molecular flexibility index (Phi) is 5.45. The second-order valence-electron chi connectivity index (χ2n) is 7.69. The number of nitrogens with zero attached hydrogens (tertiary/aromatic N) is 4. The maximum atomic E-state index is 12.0. The molecule has 2 N–H and O–H groups in total. The highest BCUT2D eigenvalue weighted by molar-refractivity contribution is 6.31. The van der Waals surface area contributed by atoms with Crippen molar-refractivity contribution in [3.63, 3.8) is 0 Å². The quantitative estimate of drug-likeness (QED) is 0.481. The number of aromatic nitrogens is 3. The molecule has 0 spiro atoms. The van der Waals surface area contributed by atoms with Gasteiger partial charge in [0.05, 0.1) is 0 Å². The number of carbonyl (C=O) groups is 1. The van der Waals surface area contributed by atoms with E-state index in [-0.39, 0.29) is 6.03 Å². The Bertz CT molecular complexity index is 1240. The van der Waals surface area contributed by atoms with E-state index in [2.05, 4.69) is 37.5 Å². The van der Waals surface area contributed by atoms with Crippen LogP contribution in [0.2, 0.25) is 5.02 Å². The summed E-state index contributed by atoms with van der Waals surface area (Å²) in [5, 5.41) is 8.67. The molecule has 0 bridgehead atoms. The summed E-state index contributed by atoms with van der Waals surface area (Å²) in [5.41, 5.74) is 3.70. The van der Waals surface area contributed by atoms with Crippen LogP contribution in [0.5, 0.6) is 0 Å². The molecule has 0 radical (unpaired) electrons. The SMILES string of the molecule is CCNC(=O)N1CCN(c2ccc(-c3noc(-c4cc5cc(Cl)ccc5[nH]4)n3)cc2)CC1. The lowest BCUT2D eigenvalue weighted by atomic mass is 10.1. The minimum atomic E-state index is 0.00784. The molecule has 1 aliphatic rings. The van der Waals surface area contributed by atoms with Gasteiger partial charge in [0.2, 0.25) is 5.82 Å². The highest BCUT2D eigenvalue weighted by Crippen LogP contribution is 2.28. The third kappa shape index (κ3) is 4.01. The molecule has 2 aromatic heterocycles. The van der Waals surface area contributed by atoms with Crippen LogP contribution in [-0.4, -0.2) is 58.8 Å². The van der Waals surface area contributed by atoms with Gasteiger partial charge in [-0.25, -0.2) is 4.79 Å². The number of halogens is 1. The number of hydrogen-bond acceptors (Lipinski definition) is 5. The fraction of sp³-hybridized carbons (Fsp3) is 0.261. The van der Waals surface area contributed by atoms with E-state index >= 15 is 0 Å². The van der Waals surface area contributed by atoms with Crippen molar-refractivity contribution in [2.45, 2.75) is 6.92 Å². The van der Waals surface area contributed by atoms with Crippen LogP contribution in [0.1, 0.15) is 6.92 Å². The molecule has 1 saturated heterocycles. The number of nitrogens with one attached hydrogen (secondary N) is 2. The molecule has 0 aliphatic carbocycles. The van der Waals surface area contributed by atoms with Crippen molar-refractivity contribution in [3.8, 4) is 23.0 Å². The van der Waals surface area contributed by atoms with Crippen LogP contribution in [0.4, 0.5) is 10.5 Å². The van der Waals surface area contributed by atoms with Gasteiger partial charge in [-0.2, -0.15) is 4.98 Å². The number of fused-ring (bicyclic) bond motifs is 1. The largest absolute Gasteiger partial charge is 0.368 e. The lowest BCUT2D eigenvalue weighted by molar-refractivity contribution is 0.195. The molecule has 2 aromatic carbocycles. The summed E-state index contributed by atoms with van der Waals surface area (Å²) in [6.45, 7) is 5.58. The van der Waals surface area contributed by atoms with Gasteiger partial charge in [0, 0.05) is 59.9 Å². The van der Waals surface area contributed by atoms with E-state index in [0.717, 1.165) is 40.9 Å². The third-order valence-electron chi connectivity index (χ3n) is 5.62. The molecule has 0 saturated carbocycles. The zero-order chi connectivity index (χ0) is 22.1. The molecule has 0 atom stereocenters. The van der Waals surface area contributed by atoms with Gasteiger partial charge in [-0.05, 0) is 55.5 Å². The van der Waals surface area contributed by atoms with E-state index in [1.165, 1.54) is 0 Å². The smallest absolute Gasteiger partial charge is 0.317 e. The Balaban J connectivity index is 1.28. The number of urea groups is 1. The van der Waals surface area contributed by atoms with Crippen molar-refractivity contribution in [1.29, 1.82) is 0 Å². The summed E-state index contributed by atoms with van der Waals surface area (Å²) in [6.07, 6.45) is 0. The Morgan fingerprint density at radius 3 is 2.66 bits per heavy atom. The number of amides is 2. The van der Waals surface area contributed by atoms with Crippen LogP contribution in [-0.2, 0) is 0 Å². The Morgan fingerprint density at radius 2 is 1.91 bits per heavy atom. The molecule has 2 amide bonds. The van der Waals surface area contributed by atoms with Crippen LogP contribution >= 0.6 is 11.6 Å². The highest BCUT2D eigenvalue weighted by atomic mass is 35.5. The molecular weight excluding hydrogens is 428 g/mol. The van der Waals surface area contributed by atoms with Crippen molar-refractivity contribution >= 4 is 34.2 Å². The number of piperazine rings is 1. The average Bonchev–Trinajstić information content (AvgIpc) is 3.46. The number of aromatic amines is 1. The Labute approximate surface area is 190 Å². The number of rotatable bonds is 4. The summed E-state index contributed by atoms with van der Waals surface area (Å²) in [7, 11) is 0. The van der Waals surface area contributed by atoms with Crippen LogP contribution in [0.25, 0.3) is 33.9 Å². The van der Waals surface area contributed by atoms with Gasteiger partial charge in [-0.1, -0.05) is 16.8 Å². The second-order valence-corrected chi connectivity index (χ2v) is 8.13. The first-order valence-corrected chi connectivity index (χ1v) is 11.0. The lowest BCUT2D eigenvalue weighted by Crippen LogP contribution is -2.51. The second kappa shape index (κ2) is 8.55. The molecule has 32 heavy (non-hydrogen) atoms. The number of H-pyrrole nitrogens is 1. The van der Waals surface area contributed by atoms with E-state index in [0.29, 0.717) is 36.4 Å². The monoisotopic (exact) mass is 450 g/mol. The topological polar surface area (TPSA) is 90.3 Å². The van der Waals surface area contributed by atoms with E-state index in [4.69, 9.17) is 16.1 Å². The zero-order valence-electron chi connectivity index (χ0n) is 17.6. The fourth-order valence-electron chi connectivity index (χ4n) is 3.92. The van der Waals surface area contributed by atoms with Gasteiger partial charge in [-0.15, -0.1) is 0 Å². The molecular formula is C23H23ClN6O2. The minimum Gasteiger partial charge on any atom is -0.368 e. The van der Waals surface area contributed by atoms with Gasteiger partial charge < -0.3 is 24.6 Å². The van der Waals surface area contributed by atoms with Crippen molar-refractivity contribution in [1.82, 2.24) is 25.3 Å². The predicted octanol–water partition coefficient (Wildman–Crippen LogP) is 4.39. The van der Waals surface area contributed by atoms with Gasteiger partial charge in [0.25, 0.3) is 5.89 Å². The number of benzene rings is 2. The molecule has 0 unspecified atom stereocenters. The summed E-state index contributed by atoms with van der Waals surface area (Å²) >= 11 is 6.07. The zero-order valence-corrected chi connectivity index (χ0v) is 18.4. The molecule has 5 rings (SSSR count). The maximum Gasteiger partial charge on any atom is 0.317 e. The molecule has 1 aliphatic heterocycles. The van der Waals surface area contributed by atoms with Crippen LogP contribution in [0.3, 0.4) is 0 Å². The molecule has 9 heteroatoms. The molecule has 8 nitrogen and oxygen atoms in total. The molecule has 4 aromatic rings. The van der Waals surface area contributed by atoms with Crippen LogP contribution < -0.4 is 10.2 Å². The van der Waals surface area contributed by atoms with Gasteiger partial charge in [0.15, 0.2) is 0 Å². The van der Waals surface area contributed by atoms with Crippen molar-refractivity contribution in [3.05, 3.63) is 53.6 Å². The van der Waals surface area contributed by atoms with Crippen LogP contribution in [0, 0.1) is 0 Å². The van der Waals surface area contributed by atoms with Crippen LogP contribution in [0.15, 0.2) is 53.1 Å². The van der Waals surface area contributed by atoms with Crippen molar-refractivity contribution in [2.24, 2.45) is 0 Å². The van der Waals surface area contributed by atoms with E-state index in [1.54, 1.807) is 0 Å². The first-order chi connectivity index (χ1) is 15.6. The van der Waals surface area contributed by atoms with Crippen molar-refractivity contribution < 1.29 is 9.32 Å². The Morgan fingerprint density at radius 1 is 1.12 bits per heavy atom. The first-order valence-electron chi connectivity index (χ1n) is 10.6. The van der Waals surface area contributed by atoms with Crippen molar-refractivity contribution in [2.75, 3.05) is 37.6 Å². The highest BCUT2D eigenvalue weighted by Gasteiger charge is 2.21. The van der Waals surface area contributed by atoms with Gasteiger partial charge >= 0.3 is 6.03 Å². The van der Waals surface area contributed by atoms with Gasteiger partial charge in [0.1, 0.15) is 5.69 Å². The summed E-state index contributed by atoms with van der Waals surface area (Å²) < 4.78 is 5.49. The van der Waals surface area contributed by atoms with E-state index in [9.17, 15) is 4.79 Å². The Hall–Kier alpha value is -3.52. The molecule has 3 heterocycles. The van der Waals surface area contributed by atoms with E-state index < -0.39 is 0 Å². The lowest BCUT2D eigenvalue weighted by Gasteiger charge is -2.36. The normalized spacial score (nSPS) is 14.2.